The molecular formula is C18H21N5O2. The highest BCUT2D eigenvalue weighted by Crippen LogP contribution is 2.22. The van der Waals surface area contributed by atoms with Crippen LogP contribution >= 0.6 is 0 Å². The molecule has 2 aromatic rings. The van der Waals surface area contributed by atoms with Crippen LogP contribution in [0.25, 0.3) is 0 Å². The van der Waals surface area contributed by atoms with E-state index in [2.05, 4.69) is 20.1 Å². The lowest BCUT2D eigenvalue weighted by molar-refractivity contribution is -0.117. The summed E-state index contributed by atoms with van der Waals surface area (Å²) in [5.74, 6) is 1.94. The van der Waals surface area contributed by atoms with E-state index < -0.39 is 0 Å². The number of carbonyl (C=O) groups is 2. The van der Waals surface area contributed by atoms with Gasteiger partial charge in [0.1, 0.15) is 11.6 Å². The van der Waals surface area contributed by atoms with Gasteiger partial charge in [0.25, 0.3) is 5.91 Å². The molecule has 0 saturated carbocycles. The van der Waals surface area contributed by atoms with Gasteiger partial charge in [-0.25, -0.2) is 0 Å². The van der Waals surface area contributed by atoms with Crippen LogP contribution in [0.1, 0.15) is 41.3 Å². The molecular weight excluding hydrogens is 318 g/mol. The number of nitrogens with one attached hydrogen (secondary N) is 1. The molecule has 130 valence electrons. The smallest absolute Gasteiger partial charge is 0.251 e. The van der Waals surface area contributed by atoms with E-state index in [1.807, 2.05) is 19.1 Å². The second kappa shape index (κ2) is 6.31. The van der Waals surface area contributed by atoms with Gasteiger partial charge >= 0.3 is 0 Å². The lowest BCUT2D eigenvalue weighted by Gasteiger charge is -2.25. The summed E-state index contributed by atoms with van der Waals surface area (Å²) in [6.45, 7) is 3.40. The van der Waals surface area contributed by atoms with E-state index in [-0.39, 0.29) is 17.9 Å². The van der Waals surface area contributed by atoms with Crippen LogP contribution in [-0.4, -0.2) is 39.2 Å². The Kier molecular flexibility index (Phi) is 3.99. The Bertz CT molecular complexity index is 811. The molecule has 1 saturated heterocycles. The number of aromatic nitrogens is 3. The molecule has 1 aromatic carbocycles. The lowest BCUT2D eigenvalue weighted by atomic mass is 10.1. The molecule has 2 amide bonds. The summed E-state index contributed by atoms with van der Waals surface area (Å²) in [6, 6.07) is 7.35. The van der Waals surface area contributed by atoms with Crippen molar-refractivity contribution in [3.63, 3.8) is 0 Å². The van der Waals surface area contributed by atoms with Crippen molar-refractivity contribution in [2.75, 3.05) is 11.4 Å². The van der Waals surface area contributed by atoms with E-state index in [4.69, 9.17) is 0 Å². The minimum absolute atomic E-state index is 0.0783. The first-order valence-electron chi connectivity index (χ1n) is 8.72. The number of amides is 2. The Balaban J connectivity index is 1.41. The zero-order valence-electron chi connectivity index (χ0n) is 14.2. The third kappa shape index (κ3) is 3.01. The standard InChI is InChI=1S/C18H21N5O2/c1-12-20-21-16-9-6-14(11-23(12)16)19-18(25)13-4-7-15(8-5-13)22-10-2-3-17(22)24/h4-5,7-8,14H,2-3,6,9-11H2,1H3,(H,19,25). The number of benzene rings is 1. The molecule has 0 aliphatic carbocycles. The van der Waals surface area contributed by atoms with Crippen molar-refractivity contribution in [3.05, 3.63) is 41.5 Å². The predicted molar refractivity (Wildman–Crippen MR) is 92.4 cm³/mol. The van der Waals surface area contributed by atoms with Crippen LogP contribution in [0.3, 0.4) is 0 Å². The van der Waals surface area contributed by atoms with Crippen LogP contribution in [0.4, 0.5) is 5.69 Å². The number of anilines is 1. The van der Waals surface area contributed by atoms with Crippen molar-refractivity contribution in [3.8, 4) is 0 Å². The fourth-order valence-electron chi connectivity index (χ4n) is 3.56. The van der Waals surface area contributed by atoms with Gasteiger partial charge in [0, 0.05) is 43.2 Å². The van der Waals surface area contributed by atoms with Crippen molar-refractivity contribution in [1.82, 2.24) is 20.1 Å². The number of aryl methyl sites for hydroxylation is 2. The molecule has 1 aromatic heterocycles. The third-order valence-corrected chi connectivity index (χ3v) is 4.98. The second-order valence-electron chi connectivity index (χ2n) is 6.68. The quantitative estimate of drug-likeness (QED) is 0.918. The first kappa shape index (κ1) is 15.8. The summed E-state index contributed by atoms with van der Waals surface area (Å²) in [7, 11) is 0. The normalized spacial score (nSPS) is 19.8. The second-order valence-corrected chi connectivity index (χ2v) is 6.68. The van der Waals surface area contributed by atoms with Crippen LogP contribution in [0.2, 0.25) is 0 Å². The molecule has 0 radical (unpaired) electrons. The van der Waals surface area contributed by atoms with E-state index in [1.165, 1.54) is 0 Å². The maximum atomic E-state index is 12.5. The molecule has 4 rings (SSSR count). The molecule has 3 heterocycles. The maximum absolute atomic E-state index is 12.5. The molecule has 7 heteroatoms. The minimum Gasteiger partial charge on any atom is -0.347 e. The fraction of sp³-hybridized carbons (Fsp3) is 0.444. The summed E-state index contributed by atoms with van der Waals surface area (Å²) < 4.78 is 2.07. The Hall–Kier alpha value is -2.70. The molecule has 2 aliphatic rings. The topological polar surface area (TPSA) is 80.1 Å². The van der Waals surface area contributed by atoms with Crippen LogP contribution in [0, 0.1) is 6.92 Å². The minimum atomic E-state index is -0.0847. The average Bonchev–Trinajstić information content (AvgIpc) is 3.21. The maximum Gasteiger partial charge on any atom is 0.251 e. The number of hydrogen-bond donors (Lipinski definition) is 1. The highest BCUT2D eigenvalue weighted by molar-refractivity contribution is 5.97. The average molecular weight is 339 g/mol. The molecule has 7 nitrogen and oxygen atoms in total. The van der Waals surface area contributed by atoms with Gasteiger partial charge in [-0.1, -0.05) is 0 Å². The Morgan fingerprint density at radius 2 is 2.00 bits per heavy atom. The van der Waals surface area contributed by atoms with Crippen molar-refractivity contribution in [2.45, 2.75) is 45.2 Å². The highest BCUT2D eigenvalue weighted by atomic mass is 16.2. The first-order valence-corrected chi connectivity index (χ1v) is 8.72. The van der Waals surface area contributed by atoms with E-state index >= 15 is 0 Å². The Morgan fingerprint density at radius 1 is 1.20 bits per heavy atom. The van der Waals surface area contributed by atoms with Gasteiger partial charge < -0.3 is 14.8 Å². The molecule has 1 atom stereocenters. The number of hydrogen-bond acceptors (Lipinski definition) is 4. The van der Waals surface area contributed by atoms with Crippen LogP contribution in [0.5, 0.6) is 0 Å². The van der Waals surface area contributed by atoms with Crippen LogP contribution in [0.15, 0.2) is 24.3 Å². The molecule has 0 bridgehead atoms. The molecule has 2 aliphatic heterocycles. The summed E-state index contributed by atoms with van der Waals surface area (Å²) in [6.07, 6.45) is 3.19. The van der Waals surface area contributed by atoms with Gasteiger partial charge in [-0.15, -0.1) is 10.2 Å². The van der Waals surface area contributed by atoms with E-state index in [0.717, 1.165) is 43.1 Å². The monoisotopic (exact) mass is 339 g/mol. The van der Waals surface area contributed by atoms with Gasteiger partial charge in [-0.2, -0.15) is 0 Å². The Labute approximate surface area is 146 Å². The number of nitrogens with zero attached hydrogens (tertiary/aromatic N) is 4. The first-order chi connectivity index (χ1) is 12.1. The van der Waals surface area contributed by atoms with E-state index in [0.29, 0.717) is 18.5 Å². The SMILES string of the molecule is Cc1nnc2n1CC(NC(=O)c1ccc(N3CCCC3=O)cc1)CC2. The summed E-state index contributed by atoms with van der Waals surface area (Å²) in [5, 5.41) is 11.3. The van der Waals surface area contributed by atoms with Gasteiger partial charge in [0.05, 0.1) is 0 Å². The molecule has 1 fully saturated rings. The van der Waals surface area contributed by atoms with Crippen molar-refractivity contribution in [2.24, 2.45) is 0 Å². The number of rotatable bonds is 3. The fourth-order valence-corrected chi connectivity index (χ4v) is 3.56. The molecule has 25 heavy (non-hydrogen) atoms. The highest BCUT2D eigenvalue weighted by Gasteiger charge is 2.24. The molecule has 1 N–H and O–H groups in total. The largest absolute Gasteiger partial charge is 0.347 e. The predicted octanol–water partition coefficient (Wildman–Crippen LogP) is 1.46. The zero-order chi connectivity index (χ0) is 17.4. The summed E-state index contributed by atoms with van der Waals surface area (Å²) in [5.41, 5.74) is 1.48. The number of fused-ring (bicyclic) bond motifs is 1. The van der Waals surface area contributed by atoms with Gasteiger partial charge in [0.15, 0.2) is 0 Å². The summed E-state index contributed by atoms with van der Waals surface area (Å²) in [4.78, 5) is 26.1. The van der Waals surface area contributed by atoms with Crippen molar-refractivity contribution >= 4 is 17.5 Å². The zero-order valence-corrected chi connectivity index (χ0v) is 14.2. The van der Waals surface area contributed by atoms with Crippen molar-refractivity contribution < 1.29 is 9.59 Å². The molecule has 1 unspecified atom stereocenters. The van der Waals surface area contributed by atoms with Crippen LogP contribution in [-0.2, 0) is 17.8 Å². The van der Waals surface area contributed by atoms with Gasteiger partial charge in [0.2, 0.25) is 5.91 Å². The third-order valence-electron chi connectivity index (χ3n) is 4.98. The van der Waals surface area contributed by atoms with E-state index in [1.54, 1.807) is 17.0 Å². The van der Waals surface area contributed by atoms with Gasteiger partial charge in [-0.05, 0) is 44.0 Å². The van der Waals surface area contributed by atoms with E-state index in [9.17, 15) is 9.59 Å². The lowest BCUT2D eigenvalue weighted by Crippen LogP contribution is -2.41. The van der Waals surface area contributed by atoms with Crippen LogP contribution < -0.4 is 10.2 Å². The van der Waals surface area contributed by atoms with Gasteiger partial charge in [-0.3, -0.25) is 9.59 Å². The summed E-state index contributed by atoms with van der Waals surface area (Å²) >= 11 is 0. The molecule has 0 spiro atoms. The van der Waals surface area contributed by atoms with Crippen molar-refractivity contribution in [1.29, 1.82) is 0 Å². The number of carbonyl (C=O) groups excluding carboxylic acids is 2. The Morgan fingerprint density at radius 3 is 2.72 bits per heavy atom.